The van der Waals surface area contributed by atoms with Gasteiger partial charge in [-0.2, -0.15) is 0 Å². The minimum atomic E-state index is -0.205. The van der Waals surface area contributed by atoms with Crippen LogP contribution in [0.3, 0.4) is 0 Å². The van der Waals surface area contributed by atoms with E-state index >= 15 is 0 Å². The van der Waals surface area contributed by atoms with E-state index in [9.17, 15) is 4.39 Å². The molecular weight excluding hydrogens is 225 g/mol. The molecule has 0 radical (unpaired) electrons. The summed E-state index contributed by atoms with van der Waals surface area (Å²) in [6, 6.07) is 15.3. The maximum absolute atomic E-state index is 13.0. The molecule has 1 fully saturated rings. The molecule has 92 valence electrons. The molecule has 0 aromatic heterocycles. The second-order valence-electron chi connectivity index (χ2n) is 4.88. The zero-order valence-corrected chi connectivity index (χ0v) is 10.2. The third kappa shape index (κ3) is 2.70. The first-order chi connectivity index (χ1) is 8.81. The Morgan fingerprint density at radius 2 is 1.83 bits per heavy atom. The third-order valence-corrected chi connectivity index (χ3v) is 3.35. The number of hydrogen-bond donors (Lipinski definition) is 1. The molecule has 0 heterocycles. The lowest BCUT2D eigenvalue weighted by atomic mass is 10.1. The molecule has 0 unspecified atom stereocenters. The molecule has 2 aromatic rings. The zero-order chi connectivity index (χ0) is 12.4. The Hall–Kier alpha value is -1.83. The summed E-state index contributed by atoms with van der Waals surface area (Å²) in [6.07, 6.45) is 2.67. The van der Waals surface area contributed by atoms with E-state index in [-0.39, 0.29) is 5.82 Å². The molecule has 2 aromatic carbocycles. The zero-order valence-electron chi connectivity index (χ0n) is 10.2. The fourth-order valence-corrected chi connectivity index (χ4v) is 2.13. The van der Waals surface area contributed by atoms with Gasteiger partial charge in [0.15, 0.2) is 0 Å². The molecular formula is C16H16FN. The van der Waals surface area contributed by atoms with E-state index in [1.165, 1.54) is 36.1 Å². The maximum atomic E-state index is 13.0. The van der Waals surface area contributed by atoms with Gasteiger partial charge < -0.3 is 5.32 Å². The summed E-state index contributed by atoms with van der Waals surface area (Å²) < 4.78 is 13.0. The number of rotatable bonds is 4. The Morgan fingerprint density at radius 3 is 2.50 bits per heavy atom. The molecule has 18 heavy (non-hydrogen) atoms. The van der Waals surface area contributed by atoms with Gasteiger partial charge in [-0.25, -0.2) is 4.39 Å². The molecule has 1 aliphatic rings. The molecule has 0 aliphatic heterocycles. The second-order valence-corrected chi connectivity index (χ2v) is 4.88. The molecule has 0 bridgehead atoms. The van der Waals surface area contributed by atoms with Crippen molar-refractivity contribution in [2.45, 2.75) is 25.3 Å². The molecule has 1 aliphatic carbocycles. The first-order valence-electron chi connectivity index (χ1n) is 6.39. The van der Waals surface area contributed by atoms with Crippen molar-refractivity contribution in [3.63, 3.8) is 0 Å². The highest BCUT2D eigenvalue weighted by Crippen LogP contribution is 2.39. The highest BCUT2D eigenvalue weighted by atomic mass is 19.1. The smallest absolute Gasteiger partial charge is 0.125 e. The van der Waals surface area contributed by atoms with Crippen molar-refractivity contribution in [3.8, 4) is 0 Å². The van der Waals surface area contributed by atoms with Gasteiger partial charge in [-0.3, -0.25) is 0 Å². The summed E-state index contributed by atoms with van der Waals surface area (Å²) in [5, 5.41) is 3.23. The summed E-state index contributed by atoms with van der Waals surface area (Å²) in [5.41, 5.74) is 3.49. The molecule has 0 spiro atoms. The van der Waals surface area contributed by atoms with E-state index in [4.69, 9.17) is 0 Å². The molecule has 1 N–H and O–H groups in total. The van der Waals surface area contributed by atoms with Crippen LogP contribution >= 0.6 is 0 Å². The van der Waals surface area contributed by atoms with E-state index < -0.39 is 0 Å². The number of benzene rings is 2. The molecule has 0 atom stereocenters. The van der Waals surface area contributed by atoms with Gasteiger partial charge in [-0.15, -0.1) is 0 Å². The average molecular weight is 241 g/mol. The van der Waals surface area contributed by atoms with E-state index in [0.717, 1.165) is 18.2 Å². The summed E-state index contributed by atoms with van der Waals surface area (Å²) in [6.45, 7) is 0.731. The van der Waals surface area contributed by atoms with Crippen LogP contribution in [0.5, 0.6) is 0 Å². The van der Waals surface area contributed by atoms with Crippen molar-refractivity contribution in [2.75, 3.05) is 5.32 Å². The predicted octanol–water partition coefficient (Wildman–Crippen LogP) is 4.32. The van der Waals surface area contributed by atoms with Gasteiger partial charge in [0.05, 0.1) is 0 Å². The third-order valence-electron chi connectivity index (χ3n) is 3.35. The normalized spacial score (nSPS) is 14.5. The van der Waals surface area contributed by atoms with Gasteiger partial charge in [0, 0.05) is 12.2 Å². The number of hydrogen-bond acceptors (Lipinski definition) is 1. The second kappa shape index (κ2) is 4.81. The first-order valence-corrected chi connectivity index (χ1v) is 6.39. The van der Waals surface area contributed by atoms with Gasteiger partial charge in [-0.05, 0) is 48.1 Å². The average Bonchev–Trinajstić information content (AvgIpc) is 3.21. The van der Waals surface area contributed by atoms with Gasteiger partial charge in [0.25, 0.3) is 0 Å². The predicted molar refractivity (Wildman–Crippen MR) is 72.1 cm³/mol. The topological polar surface area (TPSA) is 12.0 Å². The van der Waals surface area contributed by atoms with Crippen molar-refractivity contribution in [2.24, 2.45) is 0 Å². The summed E-state index contributed by atoms with van der Waals surface area (Å²) in [7, 11) is 0. The number of nitrogens with one attached hydrogen (secondary N) is 1. The van der Waals surface area contributed by atoms with Crippen molar-refractivity contribution >= 4 is 5.69 Å². The molecule has 0 saturated heterocycles. The highest BCUT2D eigenvalue weighted by molar-refractivity contribution is 5.44. The number of anilines is 1. The molecule has 1 nitrogen and oxygen atoms in total. The number of halogens is 1. The highest BCUT2D eigenvalue weighted by Gasteiger charge is 2.22. The van der Waals surface area contributed by atoms with Gasteiger partial charge in [0.1, 0.15) is 5.82 Å². The largest absolute Gasteiger partial charge is 0.381 e. The van der Waals surface area contributed by atoms with Gasteiger partial charge >= 0.3 is 0 Å². The van der Waals surface area contributed by atoms with Crippen molar-refractivity contribution < 1.29 is 4.39 Å². The Morgan fingerprint density at radius 1 is 1.06 bits per heavy atom. The van der Waals surface area contributed by atoms with Gasteiger partial charge in [-0.1, -0.05) is 30.3 Å². The lowest BCUT2D eigenvalue weighted by Crippen LogP contribution is -1.99. The standard InChI is InChI=1S/C16H16FN/c17-15-2-1-3-16(10-15)18-11-12-4-6-13(7-5-12)14-8-9-14/h1-7,10,14,18H,8-9,11H2. The Bertz CT molecular complexity index is 529. The van der Waals surface area contributed by atoms with Crippen LogP contribution in [0.1, 0.15) is 29.9 Å². The monoisotopic (exact) mass is 241 g/mol. The van der Waals surface area contributed by atoms with Crippen LogP contribution in [0, 0.1) is 5.82 Å². The van der Waals surface area contributed by atoms with Crippen LogP contribution in [-0.4, -0.2) is 0 Å². The summed E-state index contributed by atoms with van der Waals surface area (Å²) in [4.78, 5) is 0. The molecule has 3 rings (SSSR count). The minimum Gasteiger partial charge on any atom is -0.381 e. The molecule has 1 saturated carbocycles. The fourth-order valence-electron chi connectivity index (χ4n) is 2.13. The SMILES string of the molecule is Fc1cccc(NCc2ccc(C3CC3)cc2)c1. The molecule has 2 heteroatoms. The van der Waals surface area contributed by atoms with Gasteiger partial charge in [0.2, 0.25) is 0 Å². The fraction of sp³-hybridized carbons (Fsp3) is 0.250. The van der Waals surface area contributed by atoms with E-state index in [2.05, 4.69) is 29.6 Å². The first kappa shape index (κ1) is 11.3. The molecule has 0 amide bonds. The van der Waals surface area contributed by atoms with Crippen LogP contribution in [0.25, 0.3) is 0 Å². The van der Waals surface area contributed by atoms with Crippen molar-refractivity contribution in [1.29, 1.82) is 0 Å². The minimum absolute atomic E-state index is 0.205. The van der Waals surface area contributed by atoms with E-state index in [0.29, 0.717) is 0 Å². The van der Waals surface area contributed by atoms with Crippen LogP contribution in [0.15, 0.2) is 48.5 Å². The Labute approximate surface area is 107 Å². The van der Waals surface area contributed by atoms with E-state index in [1.54, 1.807) is 6.07 Å². The van der Waals surface area contributed by atoms with Crippen LogP contribution in [0.2, 0.25) is 0 Å². The van der Waals surface area contributed by atoms with E-state index in [1.807, 2.05) is 6.07 Å². The van der Waals surface area contributed by atoms with Crippen molar-refractivity contribution in [3.05, 3.63) is 65.5 Å². The Kier molecular flexibility index (Phi) is 3.01. The summed E-state index contributed by atoms with van der Waals surface area (Å²) in [5.74, 6) is 0.597. The summed E-state index contributed by atoms with van der Waals surface area (Å²) >= 11 is 0. The maximum Gasteiger partial charge on any atom is 0.125 e. The van der Waals surface area contributed by atoms with Crippen LogP contribution in [0.4, 0.5) is 10.1 Å². The van der Waals surface area contributed by atoms with Crippen LogP contribution in [-0.2, 0) is 6.54 Å². The lowest BCUT2D eigenvalue weighted by Gasteiger charge is -2.07. The van der Waals surface area contributed by atoms with Crippen molar-refractivity contribution in [1.82, 2.24) is 0 Å². The Balaban J connectivity index is 1.62. The lowest BCUT2D eigenvalue weighted by molar-refractivity contribution is 0.628. The quantitative estimate of drug-likeness (QED) is 0.840. The van der Waals surface area contributed by atoms with Crippen LogP contribution < -0.4 is 5.32 Å².